The van der Waals surface area contributed by atoms with Crippen molar-refractivity contribution < 1.29 is 29.6 Å². The first-order valence-electron chi connectivity index (χ1n) is 13.9. The number of rotatable bonds is 2. The Morgan fingerprint density at radius 2 is 1.61 bits per heavy atom. The van der Waals surface area contributed by atoms with Crippen molar-refractivity contribution in [1.29, 1.82) is 0 Å². The van der Waals surface area contributed by atoms with Gasteiger partial charge < -0.3 is 20.1 Å². The van der Waals surface area contributed by atoms with Crippen LogP contribution < -0.4 is 0 Å². The standard InChI is InChI=1S/C30H46O6/c1-25(2)20-9-12-28(6)23(27(20,5)11-10-21(25)34)17(31)13-16-22(18(32)14-29(16,28)7)30(8)15-19(33)24(36-30)26(3,4)35/h17,19-20,23-24,31,33,35H,9-15H2,1-8H3/t17-,19?,20-,23-,24?,27-,28-,29-,30-/m0/s1. The number of fused-ring (bicyclic) bond motifs is 5. The van der Waals surface area contributed by atoms with E-state index in [9.17, 15) is 24.9 Å². The normalized spacial score (nSPS) is 50.7. The summed E-state index contributed by atoms with van der Waals surface area (Å²) in [5.41, 5.74) is -1.96. The van der Waals surface area contributed by atoms with Gasteiger partial charge in [-0.2, -0.15) is 0 Å². The molecule has 6 nitrogen and oxygen atoms in total. The first kappa shape index (κ1) is 26.5. The van der Waals surface area contributed by atoms with Crippen LogP contribution in [0.3, 0.4) is 0 Å². The van der Waals surface area contributed by atoms with E-state index in [4.69, 9.17) is 4.74 Å². The molecule has 0 radical (unpaired) electrons. The van der Waals surface area contributed by atoms with Gasteiger partial charge in [0.2, 0.25) is 0 Å². The third-order valence-electron chi connectivity index (χ3n) is 12.0. The highest BCUT2D eigenvalue weighted by atomic mass is 16.5. The predicted octanol–water partition coefficient (Wildman–Crippen LogP) is 4.13. The summed E-state index contributed by atoms with van der Waals surface area (Å²) in [6, 6.07) is 0. The molecule has 0 aromatic heterocycles. The summed E-state index contributed by atoms with van der Waals surface area (Å²) in [6.07, 6.45) is 1.86. The summed E-state index contributed by atoms with van der Waals surface area (Å²) in [5, 5.41) is 33.3. The minimum atomic E-state index is -1.24. The van der Waals surface area contributed by atoms with E-state index in [0.717, 1.165) is 24.8 Å². The summed E-state index contributed by atoms with van der Waals surface area (Å²) in [6.45, 7) is 16.0. The van der Waals surface area contributed by atoms with Crippen molar-refractivity contribution in [2.45, 2.75) is 130 Å². The number of ketones is 2. The molecule has 0 spiro atoms. The molecule has 3 N–H and O–H groups in total. The highest BCUT2D eigenvalue weighted by Crippen LogP contribution is 2.74. The van der Waals surface area contributed by atoms with Crippen LogP contribution in [0.2, 0.25) is 0 Å². The van der Waals surface area contributed by atoms with Crippen LogP contribution >= 0.6 is 0 Å². The summed E-state index contributed by atoms with van der Waals surface area (Å²) >= 11 is 0. The molecule has 36 heavy (non-hydrogen) atoms. The zero-order valence-corrected chi connectivity index (χ0v) is 23.4. The van der Waals surface area contributed by atoms with Crippen LogP contribution in [0, 0.1) is 33.5 Å². The topological polar surface area (TPSA) is 104 Å². The maximum Gasteiger partial charge on any atom is 0.162 e. The van der Waals surface area contributed by atoms with Crippen LogP contribution in [-0.4, -0.2) is 56.4 Å². The van der Waals surface area contributed by atoms with Gasteiger partial charge in [0.15, 0.2) is 5.78 Å². The summed E-state index contributed by atoms with van der Waals surface area (Å²) in [7, 11) is 0. The second-order valence-electron chi connectivity index (χ2n) is 14.9. The smallest absolute Gasteiger partial charge is 0.162 e. The van der Waals surface area contributed by atoms with Crippen LogP contribution in [0.15, 0.2) is 11.1 Å². The zero-order chi connectivity index (χ0) is 26.9. The lowest BCUT2D eigenvalue weighted by atomic mass is 9.36. The minimum Gasteiger partial charge on any atom is -0.392 e. The van der Waals surface area contributed by atoms with E-state index >= 15 is 0 Å². The number of hydrogen-bond acceptors (Lipinski definition) is 6. The quantitative estimate of drug-likeness (QED) is 0.524. The molecular weight excluding hydrogens is 456 g/mol. The number of ether oxygens (including phenoxy) is 1. The Bertz CT molecular complexity index is 1040. The number of hydrogen-bond donors (Lipinski definition) is 3. The largest absolute Gasteiger partial charge is 0.392 e. The first-order valence-corrected chi connectivity index (χ1v) is 13.9. The van der Waals surface area contributed by atoms with E-state index in [-0.39, 0.29) is 34.9 Å². The van der Waals surface area contributed by atoms with Crippen molar-refractivity contribution in [1.82, 2.24) is 0 Å². The molecule has 1 heterocycles. The molecule has 1 saturated heterocycles. The summed E-state index contributed by atoms with van der Waals surface area (Å²) in [5.74, 6) is 0.571. The van der Waals surface area contributed by atoms with Crippen molar-refractivity contribution in [3.05, 3.63) is 11.1 Å². The Morgan fingerprint density at radius 1 is 0.972 bits per heavy atom. The van der Waals surface area contributed by atoms with E-state index in [1.807, 2.05) is 6.92 Å². The van der Waals surface area contributed by atoms with Gasteiger partial charge in [0.25, 0.3) is 0 Å². The highest BCUT2D eigenvalue weighted by Gasteiger charge is 2.71. The van der Waals surface area contributed by atoms with Crippen molar-refractivity contribution in [2.75, 3.05) is 0 Å². The SMILES string of the molecule is CC(C)(O)C1O[C@](C)(C2=C3C[C@H](O)[C@H]4[C@@]5(C)CCC(=O)C(C)(C)[C@@H]5CC[C@]4(C)[C@@]3(C)CC2=O)CC1O. The van der Waals surface area contributed by atoms with Gasteiger partial charge in [-0.05, 0) is 69.1 Å². The van der Waals surface area contributed by atoms with Crippen molar-refractivity contribution in [3.63, 3.8) is 0 Å². The highest BCUT2D eigenvalue weighted by molar-refractivity contribution is 6.02. The molecule has 4 aliphatic carbocycles. The lowest BCUT2D eigenvalue weighted by Gasteiger charge is -2.68. The van der Waals surface area contributed by atoms with Gasteiger partial charge in [-0.3, -0.25) is 9.59 Å². The Labute approximate surface area is 215 Å². The fourth-order valence-corrected chi connectivity index (χ4v) is 10.2. The molecule has 1 aliphatic heterocycles. The fraction of sp³-hybridized carbons (Fsp3) is 0.867. The maximum atomic E-state index is 13.8. The molecule has 4 fully saturated rings. The van der Waals surface area contributed by atoms with Crippen molar-refractivity contribution in [2.24, 2.45) is 33.5 Å². The summed E-state index contributed by atoms with van der Waals surface area (Å²) < 4.78 is 6.33. The van der Waals surface area contributed by atoms with Gasteiger partial charge in [-0.1, -0.05) is 40.2 Å². The lowest BCUT2D eigenvalue weighted by molar-refractivity contribution is -0.208. The average Bonchev–Trinajstić information content (AvgIpc) is 3.18. The Hall–Kier alpha value is -1.08. The second-order valence-corrected chi connectivity index (χ2v) is 14.9. The molecular formula is C30H46O6. The lowest BCUT2D eigenvalue weighted by Crippen LogP contribution is -2.65. The Morgan fingerprint density at radius 3 is 2.19 bits per heavy atom. The van der Waals surface area contributed by atoms with Crippen molar-refractivity contribution >= 4 is 11.6 Å². The molecule has 0 aromatic carbocycles. The molecule has 0 aromatic rings. The van der Waals surface area contributed by atoms with Gasteiger partial charge in [0, 0.05) is 35.7 Å². The molecule has 9 atom stereocenters. The number of carbonyl (C=O) groups excluding carboxylic acids is 2. The number of Topliss-reactive ketones (excluding diaryl/α,β-unsaturated/α-hetero) is 2. The average molecular weight is 503 g/mol. The van der Waals surface area contributed by atoms with Crippen LogP contribution in [0.5, 0.6) is 0 Å². The van der Waals surface area contributed by atoms with Gasteiger partial charge in [-0.15, -0.1) is 0 Å². The van der Waals surface area contributed by atoms with Crippen LogP contribution in [0.4, 0.5) is 0 Å². The van der Waals surface area contributed by atoms with Crippen molar-refractivity contribution in [3.8, 4) is 0 Å². The van der Waals surface area contributed by atoms with E-state index < -0.39 is 40.3 Å². The molecule has 5 rings (SSSR count). The van der Waals surface area contributed by atoms with Gasteiger partial charge in [0.1, 0.15) is 11.9 Å². The van der Waals surface area contributed by atoms with Crippen LogP contribution in [0.25, 0.3) is 0 Å². The van der Waals surface area contributed by atoms with E-state index in [1.165, 1.54) is 0 Å². The van der Waals surface area contributed by atoms with Crippen LogP contribution in [0.1, 0.15) is 100 Å². The minimum absolute atomic E-state index is 0.0101. The van der Waals surface area contributed by atoms with E-state index in [0.29, 0.717) is 30.6 Å². The summed E-state index contributed by atoms with van der Waals surface area (Å²) in [4.78, 5) is 26.7. The van der Waals surface area contributed by atoms with Gasteiger partial charge in [0.05, 0.1) is 23.4 Å². The third kappa shape index (κ3) is 3.17. The van der Waals surface area contributed by atoms with E-state index in [1.54, 1.807) is 13.8 Å². The Balaban J connectivity index is 1.60. The number of aliphatic hydroxyl groups excluding tert-OH is 2. The molecule has 202 valence electrons. The maximum absolute atomic E-state index is 13.8. The second kappa shape index (κ2) is 7.52. The van der Waals surface area contributed by atoms with E-state index in [2.05, 4.69) is 34.6 Å². The monoisotopic (exact) mass is 502 g/mol. The van der Waals surface area contributed by atoms with Gasteiger partial charge in [-0.25, -0.2) is 0 Å². The fourth-order valence-electron chi connectivity index (χ4n) is 10.2. The first-order chi connectivity index (χ1) is 16.3. The third-order valence-corrected chi connectivity index (χ3v) is 12.0. The molecule has 5 aliphatic rings. The van der Waals surface area contributed by atoms with Crippen LogP contribution in [-0.2, 0) is 14.3 Å². The zero-order valence-electron chi connectivity index (χ0n) is 23.4. The molecule has 0 amide bonds. The van der Waals surface area contributed by atoms with Gasteiger partial charge >= 0.3 is 0 Å². The molecule has 0 bridgehead atoms. The Kier molecular flexibility index (Phi) is 5.54. The number of carbonyl (C=O) groups is 2. The molecule has 6 heteroatoms. The molecule has 3 saturated carbocycles. The number of aliphatic hydroxyl groups is 3. The predicted molar refractivity (Wildman–Crippen MR) is 136 cm³/mol. The molecule has 2 unspecified atom stereocenters.